The molecule has 0 unspecified atom stereocenters. The summed E-state index contributed by atoms with van der Waals surface area (Å²) in [5.74, 6) is 2.07. The lowest BCUT2D eigenvalue weighted by Gasteiger charge is -2.12. The van der Waals surface area contributed by atoms with E-state index in [1.807, 2.05) is 85.8 Å². The number of benzene rings is 3. The molecule has 0 aliphatic carbocycles. The van der Waals surface area contributed by atoms with Crippen LogP contribution in [0.4, 0.5) is 5.69 Å². The Morgan fingerprint density at radius 3 is 2.21 bits per heavy atom. The van der Waals surface area contributed by atoms with Crippen molar-refractivity contribution in [3.63, 3.8) is 0 Å². The summed E-state index contributed by atoms with van der Waals surface area (Å²) in [6.07, 6.45) is 2.45. The Balaban J connectivity index is 1.94. The number of rotatable bonds is 6. The van der Waals surface area contributed by atoms with E-state index in [1.165, 1.54) is 5.56 Å². The molecule has 0 saturated carbocycles. The summed E-state index contributed by atoms with van der Waals surface area (Å²) in [4.78, 5) is 4.75. The van der Waals surface area contributed by atoms with E-state index in [2.05, 4.69) is 13.8 Å². The Kier molecular flexibility index (Phi) is 6.64. The van der Waals surface area contributed by atoms with Crippen LogP contribution in [0, 0.1) is 13.8 Å². The van der Waals surface area contributed by atoms with E-state index in [9.17, 15) is 0 Å². The van der Waals surface area contributed by atoms with Crippen LogP contribution in [0.3, 0.4) is 0 Å². The number of ether oxygens (including phenoxy) is 2. The van der Waals surface area contributed by atoms with E-state index in [-0.39, 0.29) is 0 Å². The zero-order chi connectivity index (χ0) is 19.8. The molecule has 0 bridgehead atoms. The molecule has 0 aliphatic heterocycles. The van der Waals surface area contributed by atoms with Crippen LogP contribution in [0.25, 0.3) is 0 Å². The summed E-state index contributed by atoms with van der Waals surface area (Å²) in [7, 11) is 0. The van der Waals surface area contributed by atoms with Crippen molar-refractivity contribution in [1.82, 2.24) is 0 Å². The monoisotopic (exact) mass is 371 g/mol. The molecule has 3 nitrogen and oxygen atoms in total. The van der Waals surface area contributed by atoms with Crippen LogP contribution in [0.1, 0.15) is 24.5 Å². The topological polar surface area (TPSA) is 30.8 Å². The first kappa shape index (κ1) is 19.4. The zero-order valence-corrected chi connectivity index (χ0v) is 16.6. The molecule has 0 spiro atoms. The molecule has 0 aromatic heterocycles. The highest BCUT2D eigenvalue weighted by atomic mass is 16.5. The molecule has 28 heavy (non-hydrogen) atoms. The predicted octanol–water partition coefficient (Wildman–Crippen LogP) is 6.79. The summed E-state index contributed by atoms with van der Waals surface area (Å²) in [6, 6.07) is 25.7. The van der Waals surface area contributed by atoms with Crippen LogP contribution in [0.15, 0.2) is 95.7 Å². The average molecular weight is 371 g/mol. The molecule has 3 aromatic carbocycles. The predicted molar refractivity (Wildman–Crippen MR) is 116 cm³/mol. The zero-order valence-electron chi connectivity index (χ0n) is 16.6. The lowest BCUT2D eigenvalue weighted by molar-refractivity contribution is 0.471. The third-order valence-corrected chi connectivity index (χ3v) is 4.20. The maximum Gasteiger partial charge on any atom is 0.226 e. The van der Waals surface area contributed by atoms with E-state index >= 15 is 0 Å². The Morgan fingerprint density at radius 2 is 1.54 bits per heavy atom. The normalized spacial score (nSPS) is 12.0. The van der Waals surface area contributed by atoms with Crippen molar-refractivity contribution >= 4 is 11.6 Å². The second-order valence-electron chi connectivity index (χ2n) is 6.60. The van der Waals surface area contributed by atoms with E-state index in [0.717, 1.165) is 34.7 Å². The maximum atomic E-state index is 6.17. The average Bonchev–Trinajstić information content (AvgIpc) is 2.71. The molecule has 142 valence electrons. The minimum absolute atomic E-state index is 0.535. The first-order chi connectivity index (χ1) is 13.6. The molecule has 3 rings (SSSR count). The van der Waals surface area contributed by atoms with Gasteiger partial charge in [0.1, 0.15) is 11.5 Å². The van der Waals surface area contributed by atoms with Crippen molar-refractivity contribution in [3.05, 3.63) is 102 Å². The third kappa shape index (κ3) is 5.58. The summed E-state index contributed by atoms with van der Waals surface area (Å²) < 4.78 is 12.0. The fourth-order valence-corrected chi connectivity index (χ4v) is 2.61. The lowest BCUT2D eigenvalue weighted by atomic mass is 10.2. The van der Waals surface area contributed by atoms with Crippen LogP contribution < -0.4 is 9.47 Å². The van der Waals surface area contributed by atoms with E-state index in [0.29, 0.717) is 5.90 Å². The second-order valence-corrected chi connectivity index (χ2v) is 6.60. The van der Waals surface area contributed by atoms with Crippen LogP contribution in [0.2, 0.25) is 0 Å². The van der Waals surface area contributed by atoms with Crippen molar-refractivity contribution in [2.75, 3.05) is 0 Å². The third-order valence-electron chi connectivity index (χ3n) is 4.20. The van der Waals surface area contributed by atoms with E-state index in [1.54, 1.807) is 6.26 Å². The molecular formula is C25H25NO2. The van der Waals surface area contributed by atoms with Crippen LogP contribution in [-0.4, -0.2) is 5.90 Å². The molecule has 0 N–H and O–H groups in total. The van der Waals surface area contributed by atoms with Gasteiger partial charge in [-0.3, -0.25) is 0 Å². The number of hydrogen-bond acceptors (Lipinski definition) is 3. The van der Waals surface area contributed by atoms with Gasteiger partial charge in [-0.15, -0.1) is 0 Å². The van der Waals surface area contributed by atoms with Crippen molar-refractivity contribution < 1.29 is 9.47 Å². The molecule has 0 saturated heterocycles. The quantitative estimate of drug-likeness (QED) is 0.271. The van der Waals surface area contributed by atoms with E-state index < -0.39 is 0 Å². The second kappa shape index (κ2) is 9.56. The highest BCUT2D eigenvalue weighted by molar-refractivity contribution is 5.96. The van der Waals surface area contributed by atoms with Gasteiger partial charge in [-0.05, 0) is 62.2 Å². The summed E-state index contributed by atoms with van der Waals surface area (Å²) in [6.45, 7) is 6.16. The molecule has 0 aliphatic rings. The first-order valence-corrected chi connectivity index (χ1v) is 9.45. The van der Waals surface area contributed by atoms with Gasteiger partial charge in [-0.1, -0.05) is 55.0 Å². The SMILES string of the molecule is CCC(=COc1ccccc1)C(=Nc1ccc(C)cc1)Oc1cccc(C)c1. The molecule has 3 aromatic rings. The number of hydrogen-bond donors (Lipinski definition) is 0. The van der Waals surface area contributed by atoms with Gasteiger partial charge in [0.05, 0.1) is 11.9 Å². The van der Waals surface area contributed by atoms with Gasteiger partial charge >= 0.3 is 0 Å². The van der Waals surface area contributed by atoms with Gasteiger partial charge in [0.15, 0.2) is 0 Å². The van der Waals surface area contributed by atoms with Crippen LogP contribution in [0.5, 0.6) is 11.5 Å². The summed E-state index contributed by atoms with van der Waals surface area (Å²) >= 11 is 0. The fraction of sp³-hybridized carbons (Fsp3) is 0.160. The van der Waals surface area contributed by atoms with Gasteiger partial charge in [0.25, 0.3) is 0 Å². The van der Waals surface area contributed by atoms with Crippen molar-refractivity contribution in [2.24, 2.45) is 4.99 Å². The molecule has 0 atom stereocenters. The van der Waals surface area contributed by atoms with Crippen molar-refractivity contribution in [2.45, 2.75) is 27.2 Å². The molecule has 3 heteroatoms. The van der Waals surface area contributed by atoms with Crippen LogP contribution >= 0.6 is 0 Å². The number of aryl methyl sites for hydroxylation is 2. The minimum Gasteiger partial charge on any atom is -0.465 e. The first-order valence-electron chi connectivity index (χ1n) is 9.45. The number of nitrogens with zero attached hydrogens (tertiary/aromatic N) is 1. The lowest BCUT2D eigenvalue weighted by Crippen LogP contribution is -2.12. The highest BCUT2D eigenvalue weighted by Gasteiger charge is 2.11. The standard InChI is InChI=1S/C25H25NO2/c1-4-21(18-27-23-10-6-5-7-11-23)25(26-22-15-13-19(2)14-16-22)28-24-12-8-9-20(3)17-24/h5-18H,4H2,1-3H3. The molecule has 0 fully saturated rings. The Hall–Kier alpha value is -3.33. The van der Waals surface area contributed by atoms with Gasteiger partial charge < -0.3 is 9.47 Å². The van der Waals surface area contributed by atoms with Crippen molar-refractivity contribution in [1.29, 1.82) is 0 Å². The van der Waals surface area contributed by atoms with Gasteiger partial charge in [0, 0.05) is 5.57 Å². The smallest absolute Gasteiger partial charge is 0.226 e. The number of aliphatic imine (C=N–C) groups is 1. The van der Waals surface area contributed by atoms with Crippen molar-refractivity contribution in [3.8, 4) is 11.5 Å². The fourth-order valence-electron chi connectivity index (χ4n) is 2.61. The largest absolute Gasteiger partial charge is 0.465 e. The summed E-state index contributed by atoms with van der Waals surface area (Å²) in [5.41, 5.74) is 4.05. The molecular weight excluding hydrogens is 346 g/mol. The van der Waals surface area contributed by atoms with Gasteiger partial charge in [-0.2, -0.15) is 0 Å². The van der Waals surface area contributed by atoms with Gasteiger partial charge in [-0.25, -0.2) is 4.99 Å². The van der Waals surface area contributed by atoms with E-state index in [4.69, 9.17) is 14.5 Å². The Morgan fingerprint density at radius 1 is 0.821 bits per heavy atom. The van der Waals surface area contributed by atoms with Gasteiger partial charge in [0.2, 0.25) is 5.90 Å². The molecule has 0 amide bonds. The minimum atomic E-state index is 0.535. The number of para-hydroxylation sites is 1. The highest BCUT2D eigenvalue weighted by Crippen LogP contribution is 2.21. The Bertz CT molecular complexity index is 957. The van der Waals surface area contributed by atoms with Crippen LogP contribution in [-0.2, 0) is 0 Å². The molecule has 0 radical (unpaired) electrons. The maximum absolute atomic E-state index is 6.17. The molecule has 0 heterocycles. The summed E-state index contributed by atoms with van der Waals surface area (Å²) in [5, 5.41) is 0. The Labute approximate surface area is 167 Å².